The van der Waals surface area contributed by atoms with Crippen molar-refractivity contribution in [2.24, 2.45) is 5.92 Å². The van der Waals surface area contributed by atoms with E-state index in [0.717, 1.165) is 23.4 Å². The number of hydrogen-bond donors (Lipinski definition) is 2. The Morgan fingerprint density at radius 3 is 2.47 bits per heavy atom. The van der Waals surface area contributed by atoms with Crippen LogP contribution in [-0.4, -0.2) is 15.9 Å². The largest absolute Gasteiger partial charge is 0.368 e. The van der Waals surface area contributed by atoms with Gasteiger partial charge in [-0.15, -0.1) is 12.8 Å². The van der Waals surface area contributed by atoms with Gasteiger partial charge in [-0.05, 0) is 24.1 Å². The minimum atomic E-state index is -0.704. The van der Waals surface area contributed by atoms with Crippen molar-refractivity contribution in [2.45, 2.75) is 45.6 Å². The predicted molar refractivity (Wildman–Crippen MR) is 124 cm³/mol. The van der Waals surface area contributed by atoms with Crippen molar-refractivity contribution in [1.29, 1.82) is 0 Å². The van der Waals surface area contributed by atoms with E-state index in [0.29, 0.717) is 11.1 Å². The molecule has 1 fully saturated rings. The quantitative estimate of drug-likeness (QED) is 0.547. The fraction of sp³-hybridized carbons (Fsp3) is 0.320. The predicted octanol–water partition coefficient (Wildman–Crippen LogP) is 5.26. The molecule has 1 aliphatic rings. The summed E-state index contributed by atoms with van der Waals surface area (Å²) in [6, 6.07) is 8.08. The molecular formula is C25H28F2N4O. The zero-order valence-electron chi connectivity index (χ0n) is 18.2. The summed E-state index contributed by atoms with van der Waals surface area (Å²) in [5.41, 5.74) is 6.62. The van der Waals surface area contributed by atoms with Crippen molar-refractivity contribution in [3.05, 3.63) is 65.4 Å². The number of carbonyl (C=O) groups excluding carboxylic acids is 1. The summed E-state index contributed by atoms with van der Waals surface area (Å²) in [6.07, 6.45) is 17.0. The second-order valence-electron chi connectivity index (χ2n) is 7.66. The molecule has 0 spiro atoms. The second-order valence-corrected chi connectivity index (χ2v) is 7.66. The minimum Gasteiger partial charge on any atom is -0.368 e. The van der Waals surface area contributed by atoms with E-state index in [9.17, 15) is 13.6 Å². The van der Waals surface area contributed by atoms with Gasteiger partial charge in [-0.1, -0.05) is 51.2 Å². The van der Waals surface area contributed by atoms with Crippen LogP contribution in [0.1, 0.15) is 54.9 Å². The number of nitrogen functional groups attached to an aromatic ring is 1. The number of benzene rings is 2. The third-order valence-corrected chi connectivity index (χ3v) is 5.21. The third-order valence-electron chi connectivity index (χ3n) is 5.21. The molecule has 2 aromatic carbocycles. The van der Waals surface area contributed by atoms with Crippen molar-refractivity contribution in [3.8, 4) is 12.8 Å². The molecule has 1 heterocycles. The number of amides is 1. The summed E-state index contributed by atoms with van der Waals surface area (Å²) in [5.74, 6) is -0.612. The number of anilines is 1. The Kier molecular flexibility index (Phi) is 9.55. The van der Waals surface area contributed by atoms with Crippen LogP contribution in [-0.2, 0) is 6.54 Å². The Labute approximate surface area is 187 Å². The van der Waals surface area contributed by atoms with Gasteiger partial charge in [0.05, 0.1) is 5.52 Å². The molecule has 0 aliphatic heterocycles. The maximum atomic E-state index is 13.5. The van der Waals surface area contributed by atoms with Gasteiger partial charge in [0.2, 0.25) is 5.95 Å². The average Bonchev–Trinajstić information content (AvgIpc) is 2.80. The van der Waals surface area contributed by atoms with E-state index in [4.69, 9.17) is 5.73 Å². The van der Waals surface area contributed by atoms with Gasteiger partial charge in [0.15, 0.2) is 0 Å². The Bertz CT molecular complexity index is 1060. The van der Waals surface area contributed by atoms with E-state index in [1.807, 2.05) is 0 Å². The molecule has 1 aliphatic carbocycles. The van der Waals surface area contributed by atoms with Crippen molar-refractivity contribution in [3.63, 3.8) is 0 Å². The number of nitrogens with zero attached hydrogens (tertiary/aromatic N) is 2. The molecule has 0 unspecified atom stereocenters. The first kappa shape index (κ1) is 24.7. The van der Waals surface area contributed by atoms with Gasteiger partial charge in [-0.3, -0.25) is 4.79 Å². The molecule has 1 amide bonds. The van der Waals surface area contributed by atoms with Crippen LogP contribution in [0.15, 0.2) is 42.6 Å². The van der Waals surface area contributed by atoms with Gasteiger partial charge < -0.3 is 11.1 Å². The highest BCUT2D eigenvalue weighted by Gasteiger charge is 2.10. The smallest absolute Gasteiger partial charge is 0.251 e. The summed E-state index contributed by atoms with van der Waals surface area (Å²) in [6.45, 7) is 2.31. The molecule has 0 saturated heterocycles. The van der Waals surface area contributed by atoms with Gasteiger partial charge in [0.1, 0.15) is 11.6 Å². The number of aromatic nitrogens is 2. The highest BCUT2D eigenvalue weighted by Crippen LogP contribution is 2.22. The normalized spacial score (nSPS) is 13.3. The lowest BCUT2D eigenvalue weighted by molar-refractivity contribution is 0.0950. The molecule has 0 radical (unpaired) electrons. The molecule has 0 atom stereocenters. The molecule has 4 rings (SSSR count). The molecule has 1 saturated carbocycles. The zero-order chi connectivity index (χ0) is 23.5. The number of rotatable bonds is 3. The number of terminal acetylenes is 1. The minimum absolute atomic E-state index is 0.0467. The first-order valence-corrected chi connectivity index (χ1v) is 10.5. The maximum absolute atomic E-state index is 13.5. The fourth-order valence-corrected chi connectivity index (χ4v) is 3.43. The fourth-order valence-electron chi connectivity index (χ4n) is 3.43. The SMILES string of the molecule is C#C.CC1CCCCC1.Nc1ncc2ccc(C(=O)NCc3ccc(F)cc3F)cc2n1. The summed E-state index contributed by atoms with van der Waals surface area (Å²) in [7, 11) is 0. The number of nitrogens with one attached hydrogen (secondary N) is 1. The average molecular weight is 439 g/mol. The Hall–Kier alpha value is -3.53. The van der Waals surface area contributed by atoms with Crippen LogP contribution in [0, 0.1) is 30.4 Å². The standard InChI is InChI=1S/C16H12F2N4O.C7H14.C2H2/c17-12-4-3-10(13(18)6-12)7-20-15(23)9-1-2-11-8-21-16(19)22-14(11)5-9;1-7-5-3-2-4-6-7;1-2/h1-6,8H,7H2,(H,20,23)(H2,19,21,22);7H,2-6H2,1H3;1-2H. The van der Waals surface area contributed by atoms with Crippen LogP contribution in [0.25, 0.3) is 10.9 Å². The Morgan fingerprint density at radius 1 is 1.12 bits per heavy atom. The highest BCUT2D eigenvalue weighted by atomic mass is 19.1. The monoisotopic (exact) mass is 438 g/mol. The zero-order valence-corrected chi connectivity index (χ0v) is 18.2. The Balaban J connectivity index is 0.000000340. The molecule has 5 nitrogen and oxygen atoms in total. The lowest BCUT2D eigenvalue weighted by Crippen LogP contribution is -2.23. The van der Waals surface area contributed by atoms with Gasteiger partial charge >= 0.3 is 0 Å². The summed E-state index contributed by atoms with van der Waals surface area (Å²) in [5, 5.41) is 3.33. The maximum Gasteiger partial charge on any atom is 0.251 e. The Morgan fingerprint density at radius 2 is 1.84 bits per heavy atom. The molecule has 168 valence electrons. The molecule has 1 aromatic heterocycles. The van der Waals surface area contributed by atoms with Crippen LogP contribution in [0.4, 0.5) is 14.7 Å². The van der Waals surface area contributed by atoms with Crippen LogP contribution in [0.5, 0.6) is 0 Å². The molecule has 3 N–H and O–H groups in total. The van der Waals surface area contributed by atoms with E-state index in [1.54, 1.807) is 24.4 Å². The van der Waals surface area contributed by atoms with Crippen molar-refractivity contribution in [1.82, 2.24) is 15.3 Å². The number of halogens is 2. The topological polar surface area (TPSA) is 80.9 Å². The molecule has 0 bridgehead atoms. The molecular weight excluding hydrogens is 410 g/mol. The van der Waals surface area contributed by atoms with Gasteiger partial charge in [-0.25, -0.2) is 18.7 Å². The molecule has 32 heavy (non-hydrogen) atoms. The van der Waals surface area contributed by atoms with Crippen LogP contribution >= 0.6 is 0 Å². The number of carbonyl (C=O) groups is 1. The van der Waals surface area contributed by atoms with Gasteiger partial charge in [0, 0.05) is 35.3 Å². The highest BCUT2D eigenvalue weighted by molar-refractivity contribution is 5.97. The van der Waals surface area contributed by atoms with Crippen LogP contribution < -0.4 is 11.1 Å². The van der Waals surface area contributed by atoms with E-state index in [1.165, 1.54) is 38.2 Å². The lowest BCUT2D eigenvalue weighted by atomic mass is 9.91. The van der Waals surface area contributed by atoms with Crippen molar-refractivity contribution in [2.75, 3.05) is 5.73 Å². The van der Waals surface area contributed by atoms with Crippen molar-refractivity contribution < 1.29 is 13.6 Å². The molecule has 7 heteroatoms. The first-order valence-electron chi connectivity index (χ1n) is 10.5. The number of fused-ring (bicyclic) bond motifs is 1. The first-order chi connectivity index (χ1) is 15.4. The van der Waals surface area contributed by atoms with Gasteiger partial charge in [-0.2, -0.15) is 0 Å². The van der Waals surface area contributed by atoms with Crippen molar-refractivity contribution >= 4 is 22.8 Å². The van der Waals surface area contributed by atoms with E-state index in [-0.39, 0.29) is 18.1 Å². The molecule has 3 aromatic rings. The number of hydrogen-bond acceptors (Lipinski definition) is 4. The second kappa shape index (κ2) is 12.4. The summed E-state index contributed by atoms with van der Waals surface area (Å²) >= 11 is 0. The van der Waals surface area contributed by atoms with Crippen LogP contribution in [0.2, 0.25) is 0 Å². The van der Waals surface area contributed by atoms with E-state index < -0.39 is 17.5 Å². The number of nitrogens with two attached hydrogens (primary N) is 1. The van der Waals surface area contributed by atoms with Crippen LogP contribution in [0.3, 0.4) is 0 Å². The van der Waals surface area contributed by atoms with Gasteiger partial charge in [0.25, 0.3) is 5.91 Å². The lowest BCUT2D eigenvalue weighted by Gasteiger charge is -2.15. The third kappa shape index (κ3) is 7.31. The summed E-state index contributed by atoms with van der Waals surface area (Å²) in [4.78, 5) is 20.1. The summed E-state index contributed by atoms with van der Waals surface area (Å²) < 4.78 is 26.4. The van der Waals surface area contributed by atoms with E-state index >= 15 is 0 Å². The van der Waals surface area contributed by atoms with E-state index in [2.05, 4.69) is 35.1 Å².